The van der Waals surface area contributed by atoms with Crippen LogP contribution in [0.4, 0.5) is 0 Å². The number of rotatable bonds is 2. The number of halogens is 3. The summed E-state index contributed by atoms with van der Waals surface area (Å²) in [7, 11) is 0. The molecule has 3 nitrogen and oxygen atoms in total. The number of ketones is 1. The van der Waals surface area contributed by atoms with Crippen molar-refractivity contribution in [2.45, 2.75) is 6.92 Å². The maximum Gasteiger partial charge on any atom is 0.191 e. The number of nitrogens with zero attached hydrogens (tertiary/aromatic N) is 2. The molecule has 0 saturated carbocycles. The van der Waals surface area contributed by atoms with Crippen LogP contribution in [0.15, 0.2) is 18.3 Å². The first-order valence-corrected chi connectivity index (χ1v) is 5.87. The summed E-state index contributed by atoms with van der Waals surface area (Å²) >= 11 is 9.03. The van der Waals surface area contributed by atoms with Crippen molar-refractivity contribution in [3.05, 3.63) is 34.7 Å². The fourth-order valence-electron chi connectivity index (χ4n) is 1.54. The van der Waals surface area contributed by atoms with Crippen LogP contribution in [0.3, 0.4) is 0 Å². The van der Waals surface area contributed by atoms with Gasteiger partial charge in [0.05, 0.1) is 16.0 Å². The van der Waals surface area contributed by atoms with E-state index >= 15 is 0 Å². The molecule has 0 aliphatic heterocycles. The van der Waals surface area contributed by atoms with Gasteiger partial charge in [0.15, 0.2) is 5.78 Å². The molecule has 0 aliphatic rings. The van der Waals surface area contributed by atoms with Gasteiger partial charge in [-0.05, 0) is 19.1 Å². The van der Waals surface area contributed by atoms with E-state index in [1.165, 1.54) is 0 Å². The van der Waals surface area contributed by atoms with Crippen LogP contribution >= 0.6 is 44.5 Å². The summed E-state index contributed by atoms with van der Waals surface area (Å²) in [6, 6.07) is 3.55. The smallest absolute Gasteiger partial charge is 0.191 e. The standard InChI is InChI=1S/C10H8BrClN2O.BrH/c1-6-10(8(15)4-11)14-5-7(12)2-3-9(14)13-6;/h2-3,5H,4H2,1H3;1H. The van der Waals surface area contributed by atoms with Gasteiger partial charge in [0, 0.05) is 6.20 Å². The fourth-order valence-corrected chi connectivity index (χ4v) is 1.96. The van der Waals surface area contributed by atoms with Gasteiger partial charge in [-0.2, -0.15) is 0 Å². The lowest BCUT2D eigenvalue weighted by Gasteiger charge is -1.99. The number of carbonyl (C=O) groups is 1. The molecule has 0 bridgehead atoms. The Balaban J connectivity index is 0.00000128. The van der Waals surface area contributed by atoms with Gasteiger partial charge in [-0.1, -0.05) is 27.5 Å². The van der Waals surface area contributed by atoms with Crippen LogP contribution in [0.5, 0.6) is 0 Å². The van der Waals surface area contributed by atoms with Gasteiger partial charge in [0.25, 0.3) is 0 Å². The zero-order chi connectivity index (χ0) is 11.0. The van der Waals surface area contributed by atoms with Gasteiger partial charge < -0.3 is 0 Å². The van der Waals surface area contributed by atoms with E-state index in [4.69, 9.17) is 11.6 Å². The number of alkyl halides is 1. The van der Waals surface area contributed by atoms with Gasteiger partial charge in [-0.15, -0.1) is 17.0 Å². The first-order valence-electron chi connectivity index (χ1n) is 4.37. The lowest BCUT2D eigenvalue weighted by Crippen LogP contribution is -2.06. The fraction of sp³-hybridized carbons (Fsp3) is 0.200. The number of pyridine rings is 1. The molecule has 0 saturated heterocycles. The molecule has 2 heterocycles. The number of carbonyl (C=O) groups excluding carboxylic acids is 1. The van der Waals surface area contributed by atoms with E-state index in [0.717, 1.165) is 11.3 Å². The molecule has 2 aromatic heterocycles. The summed E-state index contributed by atoms with van der Waals surface area (Å²) in [6.07, 6.45) is 1.70. The van der Waals surface area contributed by atoms with Gasteiger partial charge in [0.2, 0.25) is 0 Å². The molecule has 2 aromatic rings. The highest BCUT2D eigenvalue weighted by molar-refractivity contribution is 9.09. The Hall–Kier alpha value is -0.390. The molecule has 0 spiro atoms. The number of aromatic nitrogens is 2. The Morgan fingerprint density at radius 3 is 2.88 bits per heavy atom. The highest BCUT2D eigenvalue weighted by atomic mass is 79.9. The van der Waals surface area contributed by atoms with Crippen molar-refractivity contribution < 1.29 is 4.79 Å². The van der Waals surface area contributed by atoms with Gasteiger partial charge >= 0.3 is 0 Å². The molecule has 0 unspecified atom stereocenters. The summed E-state index contributed by atoms with van der Waals surface area (Å²) in [4.78, 5) is 16.0. The predicted octanol–water partition coefficient (Wildman–Crippen LogP) is 3.45. The minimum absolute atomic E-state index is 0. The maximum absolute atomic E-state index is 11.7. The summed E-state index contributed by atoms with van der Waals surface area (Å²) in [5, 5.41) is 0.872. The van der Waals surface area contributed by atoms with E-state index in [0.29, 0.717) is 10.7 Å². The Kier molecular flexibility index (Phi) is 4.52. The quantitative estimate of drug-likeness (QED) is 0.601. The second kappa shape index (κ2) is 5.29. The maximum atomic E-state index is 11.7. The van der Waals surface area contributed by atoms with E-state index in [1.807, 2.05) is 6.92 Å². The van der Waals surface area contributed by atoms with Crippen molar-refractivity contribution in [2.75, 3.05) is 5.33 Å². The highest BCUT2D eigenvalue weighted by Crippen LogP contribution is 2.17. The van der Waals surface area contributed by atoms with Crippen molar-refractivity contribution >= 4 is 55.9 Å². The molecule has 6 heteroatoms. The number of hydrogen-bond acceptors (Lipinski definition) is 2. The van der Waals surface area contributed by atoms with Crippen molar-refractivity contribution in [2.24, 2.45) is 0 Å². The summed E-state index contributed by atoms with van der Waals surface area (Å²) < 4.78 is 1.72. The van der Waals surface area contributed by atoms with Crippen LogP contribution in [0.2, 0.25) is 5.02 Å². The molecule has 0 aliphatic carbocycles. The van der Waals surface area contributed by atoms with E-state index < -0.39 is 0 Å². The molecule has 0 atom stereocenters. The van der Waals surface area contributed by atoms with Crippen molar-refractivity contribution in [1.29, 1.82) is 0 Å². The highest BCUT2D eigenvalue weighted by Gasteiger charge is 2.15. The van der Waals surface area contributed by atoms with Crippen LogP contribution in [0.1, 0.15) is 16.2 Å². The monoisotopic (exact) mass is 366 g/mol. The molecule has 2 rings (SSSR count). The molecule has 0 aromatic carbocycles. The second-order valence-electron chi connectivity index (χ2n) is 3.18. The lowest BCUT2D eigenvalue weighted by atomic mass is 10.2. The molecule has 0 amide bonds. The Morgan fingerprint density at radius 2 is 2.25 bits per heavy atom. The Morgan fingerprint density at radius 1 is 1.56 bits per heavy atom. The predicted molar refractivity (Wildman–Crippen MR) is 73.4 cm³/mol. The molecule has 0 fully saturated rings. The van der Waals surface area contributed by atoms with Gasteiger partial charge in [-0.3, -0.25) is 9.20 Å². The minimum Gasteiger partial charge on any atom is -0.295 e. The molecular weight excluding hydrogens is 359 g/mol. The average Bonchev–Trinajstić information content (AvgIpc) is 2.52. The van der Waals surface area contributed by atoms with Crippen LogP contribution in [0.25, 0.3) is 5.65 Å². The second-order valence-corrected chi connectivity index (χ2v) is 4.18. The van der Waals surface area contributed by atoms with Crippen LogP contribution in [0, 0.1) is 6.92 Å². The largest absolute Gasteiger partial charge is 0.295 e. The number of fused-ring (bicyclic) bond motifs is 1. The zero-order valence-electron chi connectivity index (χ0n) is 8.41. The minimum atomic E-state index is 0. The molecule has 0 N–H and O–H groups in total. The third kappa shape index (κ3) is 2.31. The topological polar surface area (TPSA) is 34.4 Å². The van der Waals surface area contributed by atoms with E-state index in [9.17, 15) is 4.79 Å². The number of aryl methyl sites for hydroxylation is 1. The molecule has 86 valence electrons. The summed E-state index contributed by atoms with van der Waals surface area (Å²) in [6.45, 7) is 1.82. The van der Waals surface area contributed by atoms with Crippen molar-refractivity contribution in [1.82, 2.24) is 9.38 Å². The number of Topliss-reactive ketones (excluding diaryl/α,β-unsaturated/α-hetero) is 1. The number of imidazole rings is 1. The van der Waals surface area contributed by atoms with Crippen LogP contribution < -0.4 is 0 Å². The Labute approximate surface area is 117 Å². The third-order valence-corrected chi connectivity index (χ3v) is 2.88. The lowest BCUT2D eigenvalue weighted by molar-refractivity contribution is 0.101. The van der Waals surface area contributed by atoms with E-state index in [2.05, 4.69) is 20.9 Å². The SMILES string of the molecule is Br.Cc1nc2ccc(Cl)cn2c1C(=O)CBr. The normalized spacial score (nSPS) is 10.2. The van der Waals surface area contributed by atoms with Gasteiger partial charge in [0.1, 0.15) is 11.3 Å². The van der Waals surface area contributed by atoms with Crippen molar-refractivity contribution in [3.63, 3.8) is 0 Å². The van der Waals surface area contributed by atoms with Crippen LogP contribution in [-0.4, -0.2) is 20.5 Å². The van der Waals surface area contributed by atoms with Gasteiger partial charge in [-0.25, -0.2) is 4.98 Å². The van der Waals surface area contributed by atoms with Crippen molar-refractivity contribution in [3.8, 4) is 0 Å². The first-order chi connectivity index (χ1) is 7.13. The van der Waals surface area contributed by atoms with E-state index in [-0.39, 0.29) is 28.1 Å². The average molecular weight is 368 g/mol. The molecule has 16 heavy (non-hydrogen) atoms. The Bertz CT molecular complexity index is 539. The summed E-state index contributed by atoms with van der Waals surface area (Å²) in [5.74, 6) is 0.00210. The van der Waals surface area contributed by atoms with E-state index in [1.54, 1.807) is 22.7 Å². The third-order valence-electron chi connectivity index (χ3n) is 2.14. The van der Waals surface area contributed by atoms with Crippen LogP contribution in [-0.2, 0) is 0 Å². The molecule has 0 radical (unpaired) electrons. The zero-order valence-corrected chi connectivity index (χ0v) is 12.5. The summed E-state index contributed by atoms with van der Waals surface area (Å²) in [5.41, 5.74) is 2.05. The first kappa shape index (κ1) is 13.7. The number of hydrogen-bond donors (Lipinski definition) is 0. The molecular formula is C10H9Br2ClN2O.